The summed E-state index contributed by atoms with van der Waals surface area (Å²) < 4.78 is 0. The average Bonchev–Trinajstić information content (AvgIpc) is 2.55. The molecule has 1 aromatic heterocycles. The van der Waals surface area contributed by atoms with Gasteiger partial charge in [0.25, 0.3) is 0 Å². The first-order valence-corrected chi connectivity index (χ1v) is 6.87. The molecule has 1 heterocycles. The lowest BCUT2D eigenvalue weighted by Crippen LogP contribution is -1.97. The highest BCUT2D eigenvalue weighted by molar-refractivity contribution is 5.89. The Bertz CT molecular complexity index is 844. The van der Waals surface area contributed by atoms with E-state index in [-0.39, 0.29) is 5.56 Å². The monoisotopic (exact) mass is 290 g/mol. The van der Waals surface area contributed by atoms with Crippen molar-refractivity contribution in [2.24, 2.45) is 0 Å². The fraction of sp³-hybridized carbons (Fsp3) is 0.0556. The van der Waals surface area contributed by atoms with E-state index in [1.54, 1.807) is 24.4 Å². The third kappa shape index (κ3) is 2.86. The van der Waals surface area contributed by atoms with E-state index in [4.69, 9.17) is 5.11 Å². The number of carboxylic acids is 1. The number of hydrogen-bond acceptors (Lipinski definition) is 3. The number of carbonyl (C=O) groups is 1. The van der Waals surface area contributed by atoms with Crippen molar-refractivity contribution in [3.63, 3.8) is 0 Å². The molecule has 0 radical (unpaired) electrons. The van der Waals surface area contributed by atoms with Crippen LogP contribution in [0.2, 0.25) is 0 Å². The molecule has 22 heavy (non-hydrogen) atoms. The summed E-state index contributed by atoms with van der Waals surface area (Å²) in [5.41, 5.74) is 3.90. The van der Waals surface area contributed by atoms with Gasteiger partial charge in [0.15, 0.2) is 5.82 Å². The van der Waals surface area contributed by atoms with Crippen molar-refractivity contribution >= 4 is 5.97 Å². The molecule has 3 rings (SSSR count). The van der Waals surface area contributed by atoms with Crippen LogP contribution in [-0.2, 0) is 0 Å². The highest BCUT2D eigenvalue weighted by Gasteiger charge is 2.08. The van der Waals surface area contributed by atoms with Crippen molar-refractivity contribution in [2.45, 2.75) is 6.92 Å². The van der Waals surface area contributed by atoms with Gasteiger partial charge in [-0.2, -0.15) is 0 Å². The second kappa shape index (κ2) is 5.77. The molecular formula is C18H14N2O2. The third-order valence-corrected chi connectivity index (χ3v) is 3.34. The van der Waals surface area contributed by atoms with Crippen LogP contribution in [0.15, 0.2) is 60.8 Å². The Hall–Kier alpha value is -3.01. The lowest BCUT2D eigenvalue weighted by Gasteiger charge is -2.05. The molecule has 4 heteroatoms. The number of aromatic nitrogens is 2. The summed E-state index contributed by atoms with van der Waals surface area (Å²) in [6, 6.07) is 16.5. The van der Waals surface area contributed by atoms with Crippen LogP contribution < -0.4 is 0 Å². The van der Waals surface area contributed by atoms with Gasteiger partial charge in [-0.05, 0) is 31.2 Å². The topological polar surface area (TPSA) is 63.1 Å². The van der Waals surface area contributed by atoms with Crippen molar-refractivity contribution in [2.75, 3.05) is 0 Å². The molecule has 0 bridgehead atoms. The number of nitrogens with zero attached hydrogens (tertiary/aromatic N) is 2. The van der Waals surface area contributed by atoms with Crippen LogP contribution in [-0.4, -0.2) is 21.0 Å². The van der Waals surface area contributed by atoms with Gasteiger partial charge in [-0.1, -0.05) is 35.9 Å². The zero-order valence-corrected chi connectivity index (χ0v) is 12.0. The summed E-state index contributed by atoms with van der Waals surface area (Å²) in [6.45, 7) is 2.03. The predicted molar refractivity (Wildman–Crippen MR) is 84.6 cm³/mol. The molecule has 0 aliphatic carbocycles. The minimum atomic E-state index is -0.961. The van der Waals surface area contributed by atoms with Gasteiger partial charge in [-0.15, -0.1) is 0 Å². The summed E-state index contributed by atoms with van der Waals surface area (Å²) in [5.74, 6) is -0.446. The molecule has 1 N–H and O–H groups in total. The number of aromatic carboxylic acids is 1. The van der Waals surface area contributed by atoms with E-state index in [9.17, 15) is 4.79 Å². The normalized spacial score (nSPS) is 10.4. The molecule has 0 saturated heterocycles. The van der Waals surface area contributed by atoms with Crippen molar-refractivity contribution in [1.82, 2.24) is 9.97 Å². The van der Waals surface area contributed by atoms with Gasteiger partial charge in [0.1, 0.15) is 0 Å². The van der Waals surface area contributed by atoms with E-state index < -0.39 is 5.97 Å². The highest BCUT2D eigenvalue weighted by Crippen LogP contribution is 2.22. The van der Waals surface area contributed by atoms with Crippen molar-refractivity contribution in [3.8, 4) is 22.6 Å². The zero-order chi connectivity index (χ0) is 15.5. The van der Waals surface area contributed by atoms with E-state index in [0.29, 0.717) is 11.4 Å². The van der Waals surface area contributed by atoms with Crippen LogP contribution >= 0.6 is 0 Å². The fourth-order valence-electron chi connectivity index (χ4n) is 2.25. The Kier molecular flexibility index (Phi) is 3.66. The van der Waals surface area contributed by atoms with Crippen LogP contribution in [0.4, 0.5) is 0 Å². The summed E-state index contributed by atoms with van der Waals surface area (Å²) >= 11 is 0. The first-order chi connectivity index (χ1) is 10.6. The smallest absolute Gasteiger partial charge is 0.335 e. The Morgan fingerprint density at radius 2 is 1.77 bits per heavy atom. The Morgan fingerprint density at radius 1 is 1.00 bits per heavy atom. The molecule has 0 aliphatic heterocycles. The molecule has 0 unspecified atom stereocenters. The fourth-order valence-corrected chi connectivity index (χ4v) is 2.25. The van der Waals surface area contributed by atoms with E-state index in [1.807, 2.05) is 37.3 Å². The number of hydrogen-bond donors (Lipinski definition) is 1. The minimum Gasteiger partial charge on any atom is -0.478 e. The largest absolute Gasteiger partial charge is 0.478 e. The van der Waals surface area contributed by atoms with E-state index >= 15 is 0 Å². The van der Waals surface area contributed by atoms with Gasteiger partial charge in [0.05, 0.1) is 11.3 Å². The molecule has 0 aliphatic rings. The number of carboxylic acid groups (broad SMARTS) is 1. The molecule has 0 saturated carbocycles. The van der Waals surface area contributed by atoms with E-state index in [0.717, 1.165) is 16.8 Å². The first kappa shape index (κ1) is 13.9. The second-order valence-electron chi connectivity index (χ2n) is 5.02. The molecular weight excluding hydrogens is 276 g/mol. The zero-order valence-electron chi connectivity index (χ0n) is 12.0. The molecule has 4 nitrogen and oxygen atoms in total. The van der Waals surface area contributed by atoms with Gasteiger partial charge < -0.3 is 5.11 Å². The summed E-state index contributed by atoms with van der Waals surface area (Å²) in [6.07, 6.45) is 1.69. The van der Waals surface area contributed by atoms with Gasteiger partial charge >= 0.3 is 5.97 Å². The first-order valence-electron chi connectivity index (χ1n) is 6.87. The van der Waals surface area contributed by atoms with Crippen LogP contribution in [0, 0.1) is 6.92 Å². The Balaban J connectivity index is 2.05. The van der Waals surface area contributed by atoms with Gasteiger partial charge in [0, 0.05) is 17.3 Å². The molecule has 108 valence electrons. The molecule has 0 amide bonds. The molecule has 3 aromatic rings. The average molecular weight is 290 g/mol. The van der Waals surface area contributed by atoms with E-state index in [2.05, 4.69) is 16.0 Å². The quantitative estimate of drug-likeness (QED) is 0.796. The van der Waals surface area contributed by atoms with E-state index in [1.165, 1.54) is 0 Å². The van der Waals surface area contributed by atoms with Crippen LogP contribution in [0.3, 0.4) is 0 Å². The Morgan fingerprint density at radius 3 is 2.55 bits per heavy atom. The number of benzene rings is 2. The minimum absolute atomic E-state index is 0.224. The SMILES string of the molecule is Cc1cccc(-c2ccnc(-c3cccc(C(=O)O)c3)n2)c1. The van der Waals surface area contributed by atoms with Crippen LogP contribution in [0.25, 0.3) is 22.6 Å². The van der Waals surface area contributed by atoms with Gasteiger partial charge in [-0.3, -0.25) is 0 Å². The maximum absolute atomic E-state index is 11.1. The van der Waals surface area contributed by atoms with Crippen LogP contribution in [0.1, 0.15) is 15.9 Å². The standard InChI is InChI=1S/C18H14N2O2/c1-12-4-2-5-13(10-12)16-8-9-19-17(20-16)14-6-3-7-15(11-14)18(21)22/h2-11H,1H3,(H,21,22). The van der Waals surface area contributed by atoms with Crippen molar-refractivity contribution in [1.29, 1.82) is 0 Å². The number of aryl methyl sites for hydroxylation is 1. The Labute approximate surface area is 128 Å². The van der Waals surface area contributed by atoms with Crippen molar-refractivity contribution < 1.29 is 9.90 Å². The highest BCUT2D eigenvalue weighted by atomic mass is 16.4. The maximum atomic E-state index is 11.1. The lowest BCUT2D eigenvalue weighted by molar-refractivity contribution is 0.0697. The number of rotatable bonds is 3. The third-order valence-electron chi connectivity index (χ3n) is 3.34. The van der Waals surface area contributed by atoms with Crippen LogP contribution in [0.5, 0.6) is 0 Å². The summed E-state index contributed by atoms with van der Waals surface area (Å²) in [4.78, 5) is 19.9. The van der Waals surface area contributed by atoms with Gasteiger partial charge in [0.2, 0.25) is 0 Å². The predicted octanol–water partition coefficient (Wildman–Crippen LogP) is 3.82. The molecule has 0 atom stereocenters. The molecule has 0 spiro atoms. The summed E-state index contributed by atoms with van der Waals surface area (Å²) in [7, 11) is 0. The molecule has 0 fully saturated rings. The second-order valence-corrected chi connectivity index (χ2v) is 5.02. The lowest BCUT2D eigenvalue weighted by atomic mass is 10.1. The van der Waals surface area contributed by atoms with Gasteiger partial charge in [-0.25, -0.2) is 14.8 Å². The van der Waals surface area contributed by atoms with Crippen molar-refractivity contribution in [3.05, 3.63) is 71.9 Å². The molecule has 2 aromatic carbocycles. The maximum Gasteiger partial charge on any atom is 0.335 e. The summed E-state index contributed by atoms with van der Waals surface area (Å²) in [5, 5.41) is 9.08.